The van der Waals surface area contributed by atoms with Gasteiger partial charge in [0.15, 0.2) is 6.73 Å². The number of H-pyrrole nitrogens is 1. The predicted molar refractivity (Wildman–Crippen MR) is 99.1 cm³/mol. The van der Waals surface area contributed by atoms with Gasteiger partial charge in [-0.2, -0.15) is 0 Å². The van der Waals surface area contributed by atoms with Gasteiger partial charge in [-0.25, -0.2) is 4.90 Å². The molecule has 0 saturated carbocycles. The fraction of sp³-hybridized carbons (Fsp3) is 0.190. The number of nitrogens with zero attached hydrogens (tertiary/aromatic N) is 1. The molecule has 2 amide bonds. The zero-order chi connectivity index (χ0) is 18.8. The maximum absolute atomic E-state index is 12.2. The molecule has 1 aliphatic rings. The van der Waals surface area contributed by atoms with Crippen molar-refractivity contribution in [2.75, 3.05) is 6.73 Å². The van der Waals surface area contributed by atoms with Crippen molar-refractivity contribution in [3.63, 3.8) is 0 Å². The predicted octanol–water partition coefficient (Wildman–Crippen LogP) is 3.29. The molecule has 1 N–H and O–H groups in total. The molecule has 0 aliphatic carbocycles. The molecule has 6 nitrogen and oxygen atoms in total. The third kappa shape index (κ3) is 3.21. The van der Waals surface area contributed by atoms with Crippen molar-refractivity contribution in [2.45, 2.75) is 19.3 Å². The van der Waals surface area contributed by atoms with Crippen LogP contribution >= 0.6 is 0 Å². The number of aromatic amines is 1. The first-order valence-corrected chi connectivity index (χ1v) is 8.81. The summed E-state index contributed by atoms with van der Waals surface area (Å²) >= 11 is 0. The number of carbonyl (C=O) groups excluding carboxylic acids is 3. The Morgan fingerprint density at radius 3 is 2.37 bits per heavy atom. The smallest absolute Gasteiger partial charge is 0.307 e. The minimum absolute atomic E-state index is 0.225. The lowest BCUT2D eigenvalue weighted by molar-refractivity contribution is -0.146. The van der Waals surface area contributed by atoms with E-state index in [0.29, 0.717) is 17.5 Å². The standard InChI is InChI=1S/C21H18N2O4/c24-19(11-5-6-14-12-22-18-10-4-3-7-15(14)18)27-13-23-20(25)16-8-1-2-9-17(16)21(23)26/h1-4,7-10,12,22H,5-6,11,13H2. The van der Waals surface area contributed by atoms with Gasteiger partial charge in [0.2, 0.25) is 0 Å². The van der Waals surface area contributed by atoms with E-state index in [-0.39, 0.29) is 13.2 Å². The number of hydrogen-bond donors (Lipinski definition) is 1. The Labute approximate surface area is 155 Å². The highest BCUT2D eigenvalue weighted by Crippen LogP contribution is 2.22. The van der Waals surface area contributed by atoms with Gasteiger partial charge in [-0.3, -0.25) is 14.4 Å². The largest absolute Gasteiger partial charge is 0.444 e. The Morgan fingerprint density at radius 1 is 0.963 bits per heavy atom. The van der Waals surface area contributed by atoms with Crippen LogP contribution in [0.3, 0.4) is 0 Å². The summed E-state index contributed by atoms with van der Waals surface area (Å²) in [4.78, 5) is 40.6. The molecule has 0 saturated heterocycles. The molecule has 2 heterocycles. The molecular weight excluding hydrogens is 344 g/mol. The lowest BCUT2D eigenvalue weighted by Gasteiger charge is -2.13. The first-order chi connectivity index (χ1) is 13.1. The third-order valence-corrected chi connectivity index (χ3v) is 4.73. The molecule has 0 bridgehead atoms. The van der Waals surface area contributed by atoms with E-state index < -0.39 is 17.8 Å². The van der Waals surface area contributed by atoms with Gasteiger partial charge in [0.25, 0.3) is 11.8 Å². The number of fused-ring (bicyclic) bond motifs is 2. The fourth-order valence-electron chi connectivity index (χ4n) is 3.33. The van der Waals surface area contributed by atoms with Crippen LogP contribution < -0.4 is 0 Å². The number of imide groups is 1. The number of amides is 2. The summed E-state index contributed by atoms with van der Waals surface area (Å²) < 4.78 is 5.14. The summed E-state index contributed by atoms with van der Waals surface area (Å²) in [5, 5.41) is 1.15. The summed E-state index contributed by atoms with van der Waals surface area (Å²) in [6.45, 7) is -0.349. The molecule has 0 atom stereocenters. The Hall–Kier alpha value is -3.41. The molecule has 0 radical (unpaired) electrons. The number of benzene rings is 2. The number of hydrogen-bond acceptors (Lipinski definition) is 4. The quantitative estimate of drug-likeness (QED) is 0.539. The summed E-state index contributed by atoms with van der Waals surface area (Å²) in [6.07, 6.45) is 3.55. The van der Waals surface area contributed by atoms with Crippen LogP contribution in [-0.4, -0.2) is 34.4 Å². The van der Waals surface area contributed by atoms with Crippen LogP contribution in [0.15, 0.2) is 54.7 Å². The molecule has 0 spiro atoms. The van der Waals surface area contributed by atoms with E-state index in [1.165, 1.54) is 0 Å². The van der Waals surface area contributed by atoms with E-state index in [9.17, 15) is 14.4 Å². The molecule has 6 heteroatoms. The maximum Gasteiger partial charge on any atom is 0.307 e. The number of para-hydroxylation sites is 1. The van der Waals surface area contributed by atoms with Gasteiger partial charge in [-0.1, -0.05) is 30.3 Å². The highest BCUT2D eigenvalue weighted by atomic mass is 16.5. The first kappa shape index (κ1) is 17.0. The monoisotopic (exact) mass is 362 g/mol. The van der Waals surface area contributed by atoms with Crippen LogP contribution in [0.5, 0.6) is 0 Å². The second-order valence-electron chi connectivity index (χ2n) is 6.44. The second kappa shape index (κ2) is 7.07. The molecule has 27 heavy (non-hydrogen) atoms. The molecule has 0 fully saturated rings. The first-order valence-electron chi connectivity index (χ1n) is 8.81. The van der Waals surface area contributed by atoms with Gasteiger partial charge in [0.1, 0.15) is 0 Å². The number of aromatic nitrogens is 1. The number of aryl methyl sites for hydroxylation is 1. The van der Waals surface area contributed by atoms with Crippen molar-refractivity contribution in [2.24, 2.45) is 0 Å². The second-order valence-corrected chi connectivity index (χ2v) is 6.44. The average Bonchev–Trinajstić information content (AvgIpc) is 3.20. The van der Waals surface area contributed by atoms with Gasteiger partial charge in [-0.05, 0) is 36.6 Å². The molecule has 0 unspecified atom stereocenters. The van der Waals surface area contributed by atoms with Crippen molar-refractivity contribution in [3.8, 4) is 0 Å². The SMILES string of the molecule is O=C(CCCc1c[nH]c2ccccc12)OCN1C(=O)c2ccccc2C1=O. The highest BCUT2D eigenvalue weighted by molar-refractivity contribution is 6.21. The fourth-order valence-corrected chi connectivity index (χ4v) is 3.33. The van der Waals surface area contributed by atoms with E-state index in [2.05, 4.69) is 4.98 Å². The van der Waals surface area contributed by atoms with Crippen LogP contribution in [0.25, 0.3) is 10.9 Å². The zero-order valence-electron chi connectivity index (χ0n) is 14.6. The van der Waals surface area contributed by atoms with Gasteiger partial charge < -0.3 is 9.72 Å². The van der Waals surface area contributed by atoms with E-state index >= 15 is 0 Å². The molecular formula is C21H18N2O4. The van der Waals surface area contributed by atoms with Crippen molar-refractivity contribution in [1.82, 2.24) is 9.88 Å². The number of carbonyl (C=O) groups is 3. The summed E-state index contributed by atoms with van der Waals surface area (Å²) in [7, 11) is 0. The molecule has 2 aromatic carbocycles. The summed E-state index contributed by atoms with van der Waals surface area (Å²) in [5.74, 6) is -1.28. The lowest BCUT2D eigenvalue weighted by Crippen LogP contribution is -2.33. The Morgan fingerprint density at radius 2 is 1.63 bits per heavy atom. The van der Waals surface area contributed by atoms with Crippen molar-refractivity contribution < 1.29 is 19.1 Å². The number of ether oxygens (including phenoxy) is 1. The van der Waals surface area contributed by atoms with Crippen LogP contribution in [-0.2, 0) is 16.0 Å². The molecule has 1 aliphatic heterocycles. The lowest BCUT2D eigenvalue weighted by atomic mass is 10.1. The Kier molecular flexibility index (Phi) is 4.46. The maximum atomic E-state index is 12.2. The van der Waals surface area contributed by atoms with Crippen LogP contribution in [0.2, 0.25) is 0 Å². The molecule has 3 aromatic rings. The normalized spacial score (nSPS) is 13.3. The molecule has 136 valence electrons. The van der Waals surface area contributed by atoms with Gasteiger partial charge in [-0.15, -0.1) is 0 Å². The number of nitrogens with one attached hydrogen (secondary N) is 1. The van der Waals surface area contributed by atoms with E-state index in [0.717, 1.165) is 27.8 Å². The Bertz CT molecular complexity index is 1000. The van der Waals surface area contributed by atoms with Crippen molar-refractivity contribution >= 4 is 28.7 Å². The van der Waals surface area contributed by atoms with Gasteiger partial charge in [0.05, 0.1) is 11.1 Å². The molecule has 1 aromatic heterocycles. The summed E-state index contributed by atoms with van der Waals surface area (Å²) in [6, 6.07) is 14.6. The minimum Gasteiger partial charge on any atom is -0.444 e. The van der Waals surface area contributed by atoms with E-state index in [1.54, 1.807) is 24.3 Å². The molecule has 4 rings (SSSR count). The Balaban J connectivity index is 1.28. The van der Waals surface area contributed by atoms with Crippen molar-refractivity contribution in [1.29, 1.82) is 0 Å². The van der Waals surface area contributed by atoms with Crippen LogP contribution in [0.4, 0.5) is 0 Å². The van der Waals surface area contributed by atoms with Crippen LogP contribution in [0, 0.1) is 0 Å². The third-order valence-electron chi connectivity index (χ3n) is 4.73. The average molecular weight is 362 g/mol. The number of esters is 1. The van der Waals surface area contributed by atoms with Gasteiger partial charge in [0, 0.05) is 23.5 Å². The summed E-state index contributed by atoms with van der Waals surface area (Å²) in [5.41, 5.74) is 2.91. The zero-order valence-corrected chi connectivity index (χ0v) is 14.6. The minimum atomic E-state index is -0.429. The van der Waals surface area contributed by atoms with Crippen LogP contribution in [0.1, 0.15) is 39.1 Å². The van der Waals surface area contributed by atoms with Gasteiger partial charge >= 0.3 is 5.97 Å². The van der Waals surface area contributed by atoms with E-state index in [4.69, 9.17) is 4.74 Å². The van der Waals surface area contributed by atoms with E-state index in [1.807, 2.05) is 30.5 Å². The van der Waals surface area contributed by atoms with Crippen molar-refractivity contribution in [3.05, 3.63) is 71.4 Å². The highest BCUT2D eigenvalue weighted by Gasteiger charge is 2.35. The topological polar surface area (TPSA) is 79.5 Å². The number of rotatable bonds is 6.